The summed E-state index contributed by atoms with van der Waals surface area (Å²) < 4.78 is 36.8. The third-order valence-electron chi connectivity index (χ3n) is 2.88. The minimum absolute atomic E-state index is 0.143. The number of ether oxygens (including phenoxy) is 2. The number of carbonyl (C=O) groups excluding carboxylic acids is 1. The molecule has 8 heteroatoms. The Bertz CT molecular complexity index is 571. The summed E-state index contributed by atoms with van der Waals surface area (Å²) in [6.45, 7) is 2.41. The van der Waals surface area contributed by atoms with Crippen LogP contribution in [0, 0.1) is 0 Å². The average molecular weight is 330 g/mol. The Balaban J connectivity index is 2.65. The Hall–Kier alpha value is -1.64. The van der Waals surface area contributed by atoms with E-state index in [1.807, 2.05) is 0 Å². The normalized spacial score (nSPS) is 12.7. The van der Waals surface area contributed by atoms with Crippen LogP contribution < -0.4 is 14.8 Å². The largest absolute Gasteiger partial charge is 0.481 e. The second-order valence-electron chi connectivity index (χ2n) is 4.59. The summed E-state index contributed by atoms with van der Waals surface area (Å²) in [5.74, 6) is 0.172. The third-order valence-corrected chi connectivity index (χ3v) is 4.36. The van der Waals surface area contributed by atoms with Crippen molar-refractivity contribution in [3.63, 3.8) is 0 Å². The van der Waals surface area contributed by atoms with Gasteiger partial charge < -0.3 is 14.8 Å². The molecule has 1 rings (SSSR count). The summed E-state index contributed by atoms with van der Waals surface area (Å²) >= 11 is 0. The molecule has 0 heterocycles. The highest BCUT2D eigenvalue weighted by Crippen LogP contribution is 2.17. The smallest absolute Gasteiger partial charge is 0.260 e. The van der Waals surface area contributed by atoms with E-state index in [0.29, 0.717) is 25.3 Å². The van der Waals surface area contributed by atoms with E-state index in [1.54, 1.807) is 14.0 Å². The van der Waals surface area contributed by atoms with Crippen LogP contribution in [0.25, 0.3) is 0 Å². The molecule has 0 spiro atoms. The zero-order chi connectivity index (χ0) is 16.6. The van der Waals surface area contributed by atoms with Crippen LogP contribution in [0.5, 0.6) is 5.75 Å². The van der Waals surface area contributed by atoms with E-state index >= 15 is 0 Å². The first kappa shape index (κ1) is 18.4. The molecule has 124 valence electrons. The van der Waals surface area contributed by atoms with Crippen molar-refractivity contribution in [2.45, 2.75) is 24.3 Å². The first-order chi connectivity index (χ1) is 10.4. The first-order valence-corrected chi connectivity index (χ1v) is 8.36. The first-order valence-electron chi connectivity index (χ1n) is 6.87. The van der Waals surface area contributed by atoms with E-state index in [0.717, 1.165) is 0 Å². The molecule has 0 fully saturated rings. The van der Waals surface area contributed by atoms with Crippen molar-refractivity contribution in [3.8, 4) is 5.75 Å². The standard InChI is InChI=1S/C14H22N2O5S/c1-11(14(17)15-2)21-12-5-7-13(8-6-12)22(18,19)16-9-4-10-20-3/h5-8,11,16H,4,9-10H2,1-3H3,(H,15,17)/t11-/m0/s1. The molecule has 0 aliphatic heterocycles. The molecule has 0 saturated heterocycles. The molecule has 0 radical (unpaired) electrons. The molecule has 0 unspecified atom stereocenters. The van der Waals surface area contributed by atoms with E-state index < -0.39 is 16.1 Å². The lowest BCUT2D eigenvalue weighted by molar-refractivity contribution is -0.126. The summed E-state index contributed by atoms with van der Waals surface area (Å²) in [6, 6.07) is 5.90. The number of rotatable bonds is 9. The van der Waals surface area contributed by atoms with Gasteiger partial charge in [0.05, 0.1) is 4.90 Å². The molecule has 0 aliphatic carbocycles. The Labute approximate surface area is 131 Å². The maximum Gasteiger partial charge on any atom is 0.260 e. The van der Waals surface area contributed by atoms with Gasteiger partial charge in [0.25, 0.3) is 5.91 Å². The molecular weight excluding hydrogens is 308 g/mol. The van der Waals surface area contributed by atoms with Gasteiger partial charge >= 0.3 is 0 Å². The fourth-order valence-corrected chi connectivity index (χ4v) is 2.74. The van der Waals surface area contributed by atoms with Gasteiger partial charge in [-0.05, 0) is 37.6 Å². The molecule has 2 N–H and O–H groups in total. The molecular formula is C14H22N2O5S. The van der Waals surface area contributed by atoms with E-state index in [1.165, 1.54) is 31.3 Å². The minimum Gasteiger partial charge on any atom is -0.481 e. The predicted octanol–water partition coefficient (Wildman–Crippen LogP) is 0.515. The molecule has 0 bridgehead atoms. The van der Waals surface area contributed by atoms with Crippen molar-refractivity contribution in [2.24, 2.45) is 0 Å². The summed E-state index contributed by atoms with van der Waals surface area (Å²) in [7, 11) is -0.464. The van der Waals surface area contributed by atoms with Gasteiger partial charge in [-0.1, -0.05) is 0 Å². The SMILES string of the molecule is CNC(=O)[C@H](C)Oc1ccc(S(=O)(=O)NCCCOC)cc1. The number of sulfonamides is 1. The monoisotopic (exact) mass is 330 g/mol. The topological polar surface area (TPSA) is 93.7 Å². The van der Waals surface area contributed by atoms with Gasteiger partial charge in [-0.2, -0.15) is 0 Å². The number of likely N-dealkylation sites (N-methyl/N-ethyl adjacent to an activating group) is 1. The maximum atomic E-state index is 12.0. The highest BCUT2D eigenvalue weighted by Gasteiger charge is 2.15. The number of carbonyl (C=O) groups is 1. The zero-order valence-corrected chi connectivity index (χ0v) is 13.8. The van der Waals surface area contributed by atoms with E-state index in [4.69, 9.17) is 9.47 Å². The van der Waals surface area contributed by atoms with Crippen molar-refractivity contribution >= 4 is 15.9 Å². The highest BCUT2D eigenvalue weighted by atomic mass is 32.2. The van der Waals surface area contributed by atoms with E-state index in [9.17, 15) is 13.2 Å². The fraction of sp³-hybridized carbons (Fsp3) is 0.500. The molecule has 7 nitrogen and oxygen atoms in total. The number of hydrogen-bond donors (Lipinski definition) is 2. The lowest BCUT2D eigenvalue weighted by Gasteiger charge is -2.13. The van der Waals surface area contributed by atoms with Gasteiger partial charge in [-0.25, -0.2) is 13.1 Å². The maximum absolute atomic E-state index is 12.0. The van der Waals surface area contributed by atoms with Gasteiger partial charge in [0, 0.05) is 27.3 Å². The predicted molar refractivity (Wildman–Crippen MR) is 82.3 cm³/mol. The Kier molecular flexibility index (Phi) is 7.30. The Morgan fingerprint density at radius 1 is 1.27 bits per heavy atom. The van der Waals surface area contributed by atoms with Crippen molar-refractivity contribution in [1.29, 1.82) is 0 Å². The van der Waals surface area contributed by atoms with Gasteiger partial charge in [0.2, 0.25) is 10.0 Å². The minimum atomic E-state index is -3.55. The summed E-state index contributed by atoms with van der Waals surface area (Å²) in [5.41, 5.74) is 0. The zero-order valence-electron chi connectivity index (χ0n) is 13.0. The van der Waals surface area contributed by atoms with Crippen LogP contribution in [0.3, 0.4) is 0 Å². The van der Waals surface area contributed by atoms with Crippen molar-refractivity contribution in [2.75, 3.05) is 27.3 Å². The number of amides is 1. The molecule has 1 aromatic carbocycles. The molecule has 0 saturated carbocycles. The van der Waals surface area contributed by atoms with Crippen molar-refractivity contribution < 1.29 is 22.7 Å². The van der Waals surface area contributed by atoms with Crippen LogP contribution in [0.2, 0.25) is 0 Å². The van der Waals surface area contributed by atoms with E-state index in [2.05, 4.69) is 10.0 Å². The van der Waals surface area contributed by atoms with Gasteiger partial charge in [0.15, 0.2) is 6.10 Å². The Morgan fingerprint density at radius 3 is 2.45 bits per heavy atom. The van der Waals surface area contributed by atoms with Gasteiger partial charge in [-0.3, -0.25) is 4.79 Å². The number of hydrogen-bond acceptors (Lipinski definition) is 5. The second-order valence-corrected chi connectivity index (χ2v) is 6.36. The lowest BCUT2D eigenvalue weighted by atomic mass is 10.3. The molecule has 1 aromatic rings. The van der Waals surface area contributed by atoms with Gasteiger partial charge in [0.1, 0.15) is 5.75 Å². The Morgan fingerprint density at radius 2 is 1.91 bits per heavy atom. The molecule has 1 atom stereocenters. The summed E-state index contributed by atoms with van der Waals surface area (Å²) in [6.07, 6.45) is -0.0553. The lowest BCUT2D eigenvalue weighted by Crippen LogP contribution is -2.33. The summed E-state index contributed by atoms with van der Waals surface area (Å²) in [5, 5.41) is 2.47. The third kappa shape index (κ3) is 5.63. The number of nitrogens with one attached hydrogen (secondary N) is 2. The molecule has 0 aromatic heterocycles. The van der Waals surface area contributed by atoms with Gasteiger partial charge in [-0.15, -0.1) is 0 Å². The van der Waals surface area contributed by atoms with Crippen molar-refractivity contribution in [1.82, 2.24) is 10.0 Å². The van der Waals surface area contributed by atoms with Crippen LogP contribution in [0.15, 0.2) is 29.2 Å². The van der Waals surface area contributed by atoms with Crippen LogP contribution in [0.4, 0.5) is 0 Å². The highest BCUT2D eigenvalue weighted by molar-refractivity contribution is 7.89. The average Bonchev–Trinajstić information content (AvgIpc) is 2.51. The molecule has 22 heavy (non-hydrogen) atoms. The van der Waals surface area contributed by atoms with Crippen LogP contribution in [-0.2, 0) is 19.6 Å². The van der Waals surface area contributed by atoms with Crippen molar-refractivity contribution in [3.05, 3.63) is 24.3 Å². The molecule has 0 aliphatic rings. The van der Waals surface area contributed by atoms with E-state index in [-0.39, 0.29) is 10.8 Å². The summed E-state index contributed by atoms with van der Waals surface area (Å²) in [4.78, 5) is 11.5. The molecule has 1 amide bonds. The second kappa shape index (κ2) is 8.72. The quantitative estimate of drug-likeness (QED) is 0.644. The van der Waals surface area contributed by atoms with Crippen LogP contribution in [-0.4, -0.2) is 47.7 Å². The number of benzene rings is 1. The van der Waals surface area contributed by atoms with Crippen LogP contribution >= 0.6 is 0 Å². The number of methoxy groups -OCH3 is 1. The van der Waals surface area contributed by atoms with Crippen LogP contribution in [0.1, 0.15) is 13.3 Å². The fourth-order valence-electron chi connectivity index (χ4n) is 1.66.